The summed E-state index contributed by atoms with van der Waals surface area (Å²) in [6.45, 7) is 3.38. The highest BCUT2D eigenvalue weighted by atomic mass is 32.2. The molecule has 0 atom stereocenters. The molecule has 11 heteroatoms. The fourth-order valence-electron chi connectivity index (χ4n) is 2.67. The zero-order chi connectivity index (χ0) is 24.8. The van der Waals surface area contributed by atoms with E-state index in [1.54, 1.807) is 0 Å². The molecule has 0 saturated carbocycles. The molecular formula is C22H23F2NO6S2. The Bertz CT molecular complexity index is 1290. The number of primary sulfonamides is 1. The van der Waals surface area contributed by atoms with Crippen molar-refractivity contribution in [3.05, 3.63) is 53.6 Å². The zero-order valence-corrected chi connectivity index (χ0v) is 19.5. The minimum absolute atomic E-state index is 0.0178. The first-order chi connectivity index (χ1) is 15.3. The van der Waals surface area contributed by atoms with Crippen LogP contribution in [0.5, 0.6) is 5.75 Å². The zero-order valence-electron chi connectivity index (χ0n) is 17.9. The van der Waals surface area contributed by atoms with Crippen LogP contribution in [-0.2, 0) is 19.9 Å². The molecule has 2 aromatic rings. The number of halogens is 2. The third kappa shape index (κ3) is 7.63. The molecule has 7 nitrogen and oxygen atoms in total. The summed E-state index contributed by atoms with van der Waals surface area (Å²) in [5.41, 5.74) is 0.297. The molecule has 0 spiro atoms. The summed E-state index contributed by atoms with van der Waals surface area (Å²) in [6.07, 6.45) is -3.11. The van der Waals surface area contributed by atoms with Gasteiger partial charge >= 0.3 is 0 Å². The van der Waals surface area contributed by atoms with Gasteiger partial charge in [0.2, 0.25) is 16.4 Å². The van der Waals surface area contributed by atoms with Crippen LogP contribution in [0.15, 0.2) is 52.3 Å². The third-order valence-corrected chi connectivity index (χ3v) is 6.97. The van der Waals surface area contributed by atoms with Crippen molar-refractivity contribution in [1.29, 1.82) is 0 Å². The number of sulfone groups is 1. The molecule has 0 bridgehead atoms. The van der Waals surface area contributed by atoms with Gasteiger partial charge in [-0.1, -0.05) is 37.8 Å². The molecule has 2 rings (SSSR count). The summed E-state index contributed by atoms with van der Waals surface area (Å²) in [5.74, 6) is 3.95. The summed E-state index contributed by atoms with van der Waals surface area (Å²) in [4.78, 5) is 11.5. The lowest BCUT2D eigenvalue weighted by molar-refractivity contribution is 0.101. The number of alkyl halides is 2. The first-order valence-corrected chi connectivity index (χ1v) is 13.0. The van der Waals surface area contributed by atoms with Crippen LogP contribution in [0.4, 0.5) is 8.78 Å². The summed E-state index contributed by atoms with van der Waals surface area (Å²) >= 11 is 0. The largest absolute Gasteiger partial charge is 0.492 e. The first-order valence-electron chi connectivity index (χ1n) is 9.75. The predicted molar refractivity (Wildman–Crippen MR) is 118 cm³/mol. The minimum Gasteiger partial charge on any atom is -0.492 e. The second-order valence-corrected chi connectivity index (χ2v) is 10.8. The van der Waals surface area contributed by atoms with Crippen LogP contribution in [0.3, 0.4) is 0 Å². The van der Waals surface area contributed by atoms with Gasteiger partial charge in [0.15, 0.2) is 15.6 Å². The van der Waals surface area contributed by atoms with E-state index in [-0.39, 0.29) is 23.8 Å². The van der Waals surface area contributed by atoms with E-state index in [1.807, 2.05) is 13.8 Å². The third-order valence-electron chi connectivity index (χ3n) is 4.20. The predicted octanol–water partition coefficient (Wildman–Crippen LogP) is 3.03. The van der Waals surface area contributed by atoms with Crippen molar-refractivity contribution in [2.24, 2.45) is 11.1 Å². The topological polar surface area (TPSA) is 121 Å². The van der Waals surface area contributed by atoms with Gasteiger partial charge in [-0.3, -0.25) is 4.79 Å². The number of benzene rings is 2. The van der Waals surface area contributed by atoms with E-state index < -0.39 is 54.0 Å². The smallest absolute Gasteiger partial charge is 0.241 e. The van der Waals surface area contributed by atoms with Crippen LogP contribution in [0.1, 0.15) is 36.2 Å². The Kier molecular flexibility index (Phi) is 8.71. The van der Waals surface area contributed by atoms with Crippen molar-refractivity contribution < 1.29 is 35.1 Å². The monoisotopic (exact) mass is 499 g/mol. The maximum absolute atomic E-state index is 12.8. The Labute approximate surface area is 191 Å². The lowest BCUT2D eigenvalue weighted by Crippen LogP contribution is -2.21. The Morgan fingerprint density at radius 1 is 1.06 bits per heavy atom. The average molecular weight is 500 g/mol. The van der Waals surface area contributed by atoms with Gasteiger partial charge in [-0.05, 0) is 30.3 Å². The fourth-order valence-corrected chi connectivity index (χ4v) is 5.35. The van der Waals surface area contributed by atoms with Gasteiger partial charge in [0, 0.05) is 17.9 Å². The molecule has 0 saturated heterocycles. The van der Waals surface area contributed by atoms with Crippen molar-refractivity contribution in [1.82, 2.24) is 0 Å². The molecule has 0 aliphatic carbocycles. The van der Waals surface area contributed by atoms with Gasteiger partial charge in [-0.2, -0.15) is 0 Å². The standard InChI is InChI=1S/C22H23F2NO6S2/c1-15(2)7-8-16-9-10-17(13-19(16)31-12-11-22(23)24)18(26)14-32(27,28)20-5-3-4-6-21(20)33(25,29)30/h3-6,9-10,13,15,22H,11-12,14H2,1-2H3,(H2,25,29,30). The number of nitrogens with two attached hydrogens (primary N) is 1. The normalized spacial score (nSPS) is 11.8. The van der Waals surface area contributed by atoms with E-state index >= 15 is 0 Å². The second kappa shape index (κ2) is 10.9. The highest BCUT2D eigenvalue weighted by Gasteiger charge is 2.27. The van der Waals surface area contributed by atoms with Gasteiger partial charge in [-0.25, -0.2) is 30.8 Å². The molecule has 0 radical (unpaired) electrons. The SMILES string of the molecule is CC(C)C#Cc1ccc(C(=O)CS(=O)(=O)c2ccccc2S(N)(=O)=O)cc1OCCC(F)F. The maximum atomic E-state index is 12.8. The van der Waals surface area contributed by atoms with Gasteiger partial charge in [0.05, 0.1) is 17.1 Å². The van der Waals surface area contributed by atoms with E-state index in [1.165, 1.54) is 30.3 Å². The first kappa shape index (κ1) is 26.4. The van der Waals surface area contributed by atoms with Crippen LogP contribution in [0.2, 0.25) is 0 Å². The van der Waals surface area contributed by atoms with E-state index in [0.29, 0.717) is 5.56 Å². The summed E-state index contributed by atoms with van der Waals surface area (Å²) in [5, 5.41) is 5.09. The lowest BCUT2D eigenvalue weighted by Gasteiger charge is -2.11. The van der Waals surface area contributed by atoms with Crippen molar-refractivity contribution in [3.63, 3.8) is 0 Å². The molecule has 0 aliphatic rings. The Morgan fingerprint density at radius 2 is 1.70 bits per heavy atom. The van der Waals surface area contributed by atoms with Crippen molar-refractivity contribution in [2.45, 2.75) is 36.5 Å². The molecule has 0 heterocycles. The van der Waals surface area contributed by atoms with E-state index in [2.05, 4.69) is 11.8 Å². The van der Waals surface area contributed by atoms with E-state index in [4.69, 9.17) is 9.88 Å². The number of ketones is 1. The molecule has 0 unspecified atom stereocenters. The van der Waals surface area contributed by atoms with Crippen LogP contribution in [0.25, 0.3) is 0 Å². The van der Waals surface area contributed by atoms with Crippen molar-refractivity contribution in [3.8, 4) is 17.6 Å². The maximum Gasteiger partial charge on any atom is 0.241 e. The number of carbonyl (C=O) groups excluding carboxylic acids is 1. The number of ether oxygens (including phenoxy) is 1. The molecular weight excluding hydrogens is 476 g/mol. The van der Waals surface area contributed by atoms with Gasteiger partial charge in [-0.15, -0.1) is 0 Å². The molecule has 0 fully saturated rings. The summed E-state index contributed by atoms with van der Waals surface area (Å²) in [6, 6.07) is 8.71. The number of rotatable bonds is 9. The highest BCUT2D eigenvalue weighted by molar-refractivity contribution is 7.94. The number of sulfonamides is 1. The molecule has 0 aromatic heterocycles. The van der Waals surface area contributed by atoms with Crippen molar-refractivity contribution in [2.75, 3.05) is 12.4 Å². The van der Waals surface area contributed by atoms with Crippen LogP contribution in [0, 0.1) is 17.8 Å². The number of carbonyl (C=O) groups is 1. The summed E-state index contributed by atoms with van der Waals surface area (Å²) in [7, 11) is -8.72. The molecule has 2 N–H and O–H groups in total. The van der Waals surface area contributed by atoms with Crippen LogP contribution < -0.4 is 9.88 Å². The minimum atomic E-state index is -4.37. The quantitative estimate of drug-likeness (QED) is 0.418. The average Bonchev–Trinajstić information content (AvgIpc) is 2.71. The van der Waals surface area contributed by atoms with E-state index in [0.717, 1.165) is 12.1 Å². The van der Waals surface area contributed by atoms with Gasteiger partial charge < -0.3 is 4.74 Å². The lowest BCUT2D eigenvalue weighted by atomic mass is 10.1. The molecule has 2 aromatic carbocycles. The van der Waals surface area contributed by atoms with Crippen LogP contribution in [-0.4, -0.2) is 41.4 Å². The Hall–Kier alpha value is -2.81. The Morgan fingerprint density at radius 3 is 2.27 bits per heavy atom. The van der Waals surface area contributed by atoms with Gasteiger partial charge in [0.25, 0.3) is 0 Å². The number of Topliss-reactive ketones (excluding diaryl/α,β-unsaturated/α-hetero) is 1. The van der Waals surface area contributed by atoms with Crippen LogP contribution >= 0.6 is 0 Å². The summed E-state index contributed by atoms with van der Waals surface area (Å²) < 4.78 is 79.4. The number of hydrogen-bond donors (Lipinski definition) is 1. The highest BCUT2D eigenvalue weighted by Crippen LogP contribution is 2.24. The van der Waals surface area contributed by atoms with Crippen molar-refractivity contribution >= 4 is 25.6 Å². The fraction of sp³-hybridized carbons (Fsp3) is 0.318. The molecule has 178 valence electrons. The molecule has 0 aliphatic heterocycles. The molecule has 0 amide bonds. The van der Waals surface area contributed by atoms with Gasteiger partial charge in [0.1, 0.15) is 16.4 Å². The number of hydrogen-bond acceptors (Lipinski definition) is 6. The second-order valence-electron chi connectivity index (χ2n) is 7.34. The Balaban J connectivity index is 2.39. The van der Waals surface area contributed by atoms with E-state index in [9.17, 15) is 30.4 Å². The molecule has 33 heavy (non-hydrogen) atoms.